The summed E-state index contributed by atoms with van der Waals surface area (Å²) in [6.45, 7) is 3.27. The van der Waals surface area contributed by atoms with E-state index in [0.29, 0.717) is 56.5 Å². The second kappa shape index (κ2) is 10.0. The largest absolute Gasteiger partial charge is 0.378 e. The van der Waals surface area contributed by atoms with Gasteiger partial charge in [-0.1, -0.05) is 35.0 Å². The molecule has 0 aliphatic carbocycles. The van der Waals surface area contributed by atoms with Crippen molar-refractivity contribution in [3.8, 4) is 0 Å². The highest BCUT2D eigenvalue weighted by Gasteiger charge is 2.21. The van der Waals surface area contributed by atoms with Crippen molar-refractivity contribution < 1.29 is 14.3 Å². The number of aromatic nitrogens is 3. The number of morpholine rings is 1. The van der Waals surface area contributed by atoms with E-state index in [-0.39, 0.29) is 11.8 Å². The molecule has 0 atom stereocenters. The number of amides is 2. The predicted octanol–water partition coefficient (Wildman–Crippen LogP) is 1.62. The number of aryl methyl sites for hydroxylation is 1. The zero-order valence-electron chi connectivity index (χ0n) is 15.4. The third kappa shape index (κ3) is 5.64. The number of halogens is 1. The SMILES string of the molecule is O=C(/C=C/c1ccccc1Cl)NCCCn1cc(C(=O)N2CCOCC2)nn1. The number of ether oxygens (including phenoxy) is 1. The molecule has 1 aliphatic heterocycles. The van der Waals surface area contributed by atoms with Gasteiger partial charge in [0, 0.05) is 37.3 Å². The maximum atomic E-state index is 12.3. The Hall–Kier alpha value is -2.71. The minimum atomic E-state index is -0.193. The lowest BCUT2D eigenvalue weighted by atomic mass is 10.2. The van der Waals surface area contributed by atoms with Crippen LogP contribution in [0.25, 0.3) is 6.08 Å². The summed E-state index contributed by atoms with van der Waals surface area (Å²) in [4.78, 5) is 25.9. The number of carbonyl (C=O) groups excluding carboxylic acids is 2. The molecule has 1 fully saturated rings. The summed E-state index contributed by atoms with van der Waals surface area (Å²) in [6.07, 6.45) is 5.44. The Bertz CT molecular complexity index is 846. The molecule has 28 heavy (non-hydrogen) atoms. The maximum Gasteiger partial charge on any atom is 0.276 e. The molecule has 9 heteroatoms. The van der Waals surface area contributed by atoms with E-state index in [2.05, 4.69) is 15.6 Å². The van der Waals surface area contributed by atoms with Crippen LogP contribution < -0.4 is 5.32 Å². The van der Waals surface area contributed by atoms with E-state index < -0.39 is 0 Å². The highest BCUT2D eigenvalue weighted by atomic mass is 35.5. The number of rotatable bonds is 7. The quantitative estimate of drug-likeness (QED) is 0.560. The summed E-state index contributed by atoms with van der Waals surface area (Å²) >= 11 is 6.04. The molecule has 0 spiro atoms. The van der Waals surface area contributed by atoms with Gasteiger partial charge in [-0.25, -0.2) is 0 Å². The lowest BCUT2D eigenvalue weighted by Crippen LogP contribution is -2.40. The van der Waals surface area contributed by atoms with Gasteiger partial charge >= 0.3 is 0 Å². The summed E-state index contributed by atoms with van der Waals surface area (Å²) in [7, 11) is 0. The zero-order valence-corrected chi connectivity index (χ0v) is 16.1. The summed E-state index contributed by atoms with van der Waals surface area (Å²) in [5, 5.41) is 11.3. The first-order valence-corrected chi connectivity index (χ1v) is 9.49. The van der Waals surface area contributed by atoms with Crippen molar-refractivity contribution in [2.45, 2.75) is 13.0 Å². The van der Waals surface area contributed by atoms with Crippen molar-refractivity contribution >= 4 is 29.5 Å². The monoisotopic (exact) mass is 403 g/mol. The third-order valence-electron chi connectivity index (χ3n) is 4.24. The summed E-state index contributed by atoms with van der Waals surface area (Å²) in [5.74, 6) is -0.325. The van der Waals surface area contributed by atoms with Crippen LogP contribution in [0.2, 0.25) is 5.02 Å². The second-order valence-corrected chi connectivity index (χ2v) is 6.68. The Balaban J connectivity index is 1.39. The van der Waals surface area contributed by atoms with E-state index in [1.807, 2.05) is 18.2 Å². The standard InChI is InChI=1S/C19H22ClN5O3/c20-16-5-2-1-4-15(16)6-7-18(26)21-8-3-9-25-14-17(22-23-25)19(27)24-10-12-28-13-11-24/h1-2,4-7,14H,3,8-13H2,(H,21,26)/b7-6+. The van der Waals surface area contributed by atoms with Crippen LogP contribution >= 0.6 is 11.6 Å². The molecule has 1 saturated heterocycles. The number of benzene rings is 1. The van der Waals surface area contributed by atoms with Gasteiger partial charge in [0.25, 0.3) is 5.91 Å². The molecule has 1 N–H and O–H groups in total. The van der Waals surface area contributed by atoms with Crippen molar-refractivity contribution in [1.29, 1.82) is 0 Å². The maximum absolute atomic E-state index is 12.3. The highest BCUT2D eigenvalue weighted by Crippen LogP contribution is 2.16. The van der Waals surface area contributed by atoms with Crippen LogP contribution in [0.15, 0.2) is 36.5 Å². The lowest BCUT2D eigenvalue weighted by Gasteiger charge is -2.25. The molecule has 1 aromatic carbocycles. The molecule has 1 aromatic heterocycles. The molecule has 8 nitrogen and oxygen atoms in total. The van der Waals surface area contributed by atoms with Gasteiger partial charge in [-0.15, -0.1) is 5.10 Å². The van der Waals surface area contributed by atoms with Crippen molar-refractivity contribution in [1.82, 2.24) is 25.2 Å². The number of carbonyl (C=O) groups is 2. The lowest BCUT2D eigenvalue weighted by molar-refractivity contribution is -0.116. The van der Waals surface area contributed by atoms with Gasteiger partial charge in [0.05, 0.1) is 19.4 Å². The van der Waals surface area contributed by atoms with Gasteiger partial charge in [-0.05, 0) is 24.1 Å². The van der Waals surface area contributed by atoms with Crippen LogP contribution in [0.5, 0.6) is 0 Å². The fraction of sp³-hybridized carbons (Fsp3) is 0.368. The first-order chi connectivity index (χ1) is 13.6. The molecule has 2 amide bonds. The van der Waals surface area contributed by atoms with Crippen LogP contribution in [0, 0.1) is 0 Å². The van der Waals surface area contributed by atoms with E-state index >= 15 is 0 Å². The fourth-order valence-electron chi connectivity index (χ4n) is 2.72. The number of hydrogen-bond acceptors (Lipinski definition) is 5. The zero-order chi connectivity index (χ0) is 19.8. The minimum absolute atomic E-state index is 0.132. The Morgan fingerprint density at radius 3 is 2.82 bits per heavy atom. The summed E-state index contributed by atoms with van der Waals surface area (Å²) in [6, 6.07) is 7.31. The van der Waals surface area contributed by atoms with Gasteiger partial charge in [0.2, 0.25) is 5.91 Å². The van der Waals surface area contributed by atoms with Crippen LogP contribution in [-0.2, 0) is 16.1 Å². The predicted molar refractivity (Wildman–Crippen MR) is 105 cm³/mol. The molecule has 2 aromatic rings. The fourth-order valence-corrected chi connectivity index (χ4v) is 2.92. The molecule has 148 valence electrons. The topological polar surface area (TPSA) is 89.4 Å². The average Bonchev–Trinajstić information content (AvgIpc) is 3.19. The number of nitrogens with zero attached hydrogens (tertiary/aromatic N) is 4. The molecule has 1 aliphatic rings. The van der Waals surface area contributed by atoms with E-state index in [1.54, 1.807) is 27.9 Å². The average molecular weight is 404 g/mol. The first kappa shape index (κ1) is 20.0. The van der Waals surface area contributed by atoms with Crippen LogP contribution in [0.1, 0.15) is 22.5 Å². The van der Waals surface area contributed by atoms with E-state index in [9.17, 15) is 9.59 Å². The van der Waals surface area contributed by atoms with E-state index in [0.717, 1.165) is 5.56 Å². The molecule has 0 radical (unpaired) electrons. The second-order valence-electron chi connectivity index (χ2n) is 6.27. The number of hydrogen-bond donors (Lipinski definition) is 1. The van der Waals surface area contributed by atoms with Crippen molar-refractivity contribution in [2.24, 2.45) is 0 Å². The normalized spacial score (nSPS) is 14.4. The molecule has 0 saturated carbocycles. The number of nitrogens with one attached hydrogen (secondary N) is 1. The van der Waals surface area contributed by atoms with Crippen molar-refractivity contribution in [3.05, 3.63) is 52.8 Å². The van der Waals surface area contributed by atoms with Crippen LogP contribution in [0.4, 0.5) is 0 Å². The first-order valence-electron chi connectivity index (χ1n) is 9.11. The summed E-state index contributed by atoms with van der Waals surface area (Å²) in [5.41, 5.74) is 1.12. The van der Waals surface area contributed by atoms with Crippen LogP contribution in [0.3, 0.4) is 0 Å². The molecule has 3 rings (SSSR count). The van der Waals surface area contributed by atoms with E-state index in [1.165, 1.54) is 6.08 Å². The van der Waals surface area contributed by atoms with Gasteiger partial charge < -0.3 is 15.0 Å². The van der Waals surface area contributed by atoms with Crippen LogP contribution in [-0.4, -0.2) is 64.6 Å². The Morgan fingerprint density at radius 1 is 1.25 bits per heavy atom. The van der Waals surface area contributed by atoms with E-state index in [4.69, 9.17) is 16.3 Å². The van der Waals surface area contributed by atoms with Gasteiger partial charge in [-0.3, -0.25) is 14.3 Å². The molecule has 2 heterocycles. The highest BCUT2D eigenvalue weighted by molar-refractivity contribution is 6.32. The van der Waals surface area contributed by atoms with Crippen molar-refractivity contribution in [3.63, 3.8) is 0 Å². The van der Waals surface area contributed by atoms with Gasteiger partial charge in [0.15, 0.2) is 5.69 Å². The molecule has 0 bridgehead atoms. The van der Waals surface area contributed by atoms with Gasteiger partial charge in [0.1, 0.15) is 0 Å². The van der Waals surface area contributed by atoms with Gasteiger partial charge in [-0.2, -0.15) is 0 Å². The summed E-state index contributed by atoms with van der Waals surface area (Å²) < 4.78 is 6.85. The smallest absolute Gasteiger partial charge is 0.276 e. The third-order valence-corrected chi connectivity index (χ3v) is 4.58. The molecular weight excluding hydrogens is 382 g/mol. The Labute approximate surface area is 168 Å². The Morgan fingerprint density at radius 2 is 2.04 bits per heavy atom. The molecule has 0 unspecified atom stereocenters. The molecular formula is C19H22ClN5O3. The Kier molecular flexibility index (Phi) is 7.16. The minimum Gasteiger partial charge on any atom is -0.378 e. The van der Waals surface area contributed by atoms with Crippen molar-refractivity contribution in [2.75, 3.05) is 32.8 Å².